The van der Waals surface area contributed by atoms with E-state index >= 15 is 0 Å². The predicted molar refractivity (Wildman–Crippen MR) is 48.9 cm³/mol. The summed E-state index contributed by atoms with van der Waals surface area (Å²) in [5.74, 6) is 0. The SMILES string of the molecule is CN[C@H](C)COCOCC(C)N. The van der Waals surface area contributed by atoms with Gasteiger partial charge in [-0.05, 0) is 20.9 Å². The van der Waals surface area contributed by atoms with E-state index in [9.17, 15) is 0 Å². The van der Waals surface area contributed by atoms with Crippen LogP contribution in [0.15, 0.2) is 0 Å². The van der Waals surface area contributed by atoms with Crippen LogP contribution in [0.1, 0.15) is 13.8 Å². The average Bonchev–Trinajstić information content (AvgIpc) is 2.03. The molecule has 0 aromatic carbocycles. The summed E-state index contributed by atoms with van der Waals surface area (Å²) >= 11 is 0. The zero-order valence-electron chi connectivity index (χ0n) is 8.17. The first-order chi connectivity index (χ1) is 5.66. The summed E-state index contributed by atoms with van der Waals surface area (Å²) in [6.07, 6.45) is 0. The van der Waals surface area contributed by atoms with Crippen LogP contribution in [0.2, 0.25) is 0 Å². The molecular weight excluding hydrogens is 156 g/mol. The van der Waals surface area contributed by atoms with Crippen LogP contribution in [-0.2, 0) is 9.47 Å². The molecule has 0 fully saturated rings. The highest BCUT2D eigenvalue weighted by atomic mass is 16.7. The molecule has 0 aliphatic heterocycles. The molecule has 0 amide bonds. The maximum atomic E-state index is 5.47. The van der Waals surface area contributed by atoms with E-state index in [4.69, 9.17) is 15.2 Å². The highest BCUT2D eigenvalue weighted by molar-refractivity contribution is 4.52. The summed E-state index contributed by atoms with van der Waals surface area (Å²) in [4.78, 5) is 0. The van der Waals surface area contributed by atoms with Crippen molar-refractivity contribution in [3.63, 3.8) is 0 Å². The van der Waals surface area contributed by atoms with Gasteiger partial charge in [-0.3, -0.25) is 0 Å². The second-order valence-corrected chi connectivity index (χ2v) is 3.03. The maximum absolute atomic E-state index is 5.47. The molecule has 12 heavy (non-hydrogen) atoms. The molecule has 0 aliphatic rings. The summed E-state index contributed by atoms with van der Waals surface area (Å²) < 4.78 is 10.3. The molecule has 3 N–H and O–H groups in total. The van der Waals surface area contributed by atoms with E-state index in [0.29, 0.717) is 26.0 Å². The van der Waals surface area contributed by atoms with Crippen molar-refractivity contribution >= 4 is 0 Å². The van der Waals surface area contributed by atoms with Gasteiger partial charge in [-0.2, -0.15) is 0 Å². The van der Waals surface area contributed by atoms with Crippen LogP contribution in [0.25, 0.3) is 0 Å². The molecule has 0 aliphatic carbocycles. The number of ether oxygens (including phenoxy) is 2. The number of hydrogen-bond donors (Lipinski definition) is 2. The van der Waals surface area contributed by atoms with Crippen LogP contribution in [0.5, 0.6) is 0 Å². The van der Waals surface area contributed by atoms with Crippen LogP contribution in [0.4, 0.5) is 0 Å². The van der Waals surface area contributed by atoms with Gasteiger partial charge in [0.15, 0.2) is 0 Å². The monoisotopic (exact) mass is 176 g/mol. The Morgan fingerprint density at radius 1 is 1.25 bits per heavy atom. The molecule has 0 bridgehead atoms. The molecule has 0 heterocycles. The minimum atomic E-state index is 0.0790. The second-order valence-electron chi connectivity index (χ2n) is 3.03. The molecule has 4 nitrogen and oxygen atoms in total. The van der Waals surface area contributed by atoms with Crippen molar-refractivity contribution in [2.45, 2.75) is 25.9 Å². The Bertz CT molecular complexity index is 99.1. The first kappa shape index (κ1) is 11.8. The molecule has 1 unspecified atom stereocenters. The predicted octanol–water partition coefficient (Wildman–Crippen LogP) is -0.0678. The van der Waals surface area contributed by atoms with Crippen LogP contribution in [-0.4, -0.2) is 39.1 Å². The number of hydrogen-bond acceptors (Lipinski definition) is 4. The van der Waals surface area contributed by atoms with Gasteiger partial charge in [0.05, 0.1) is 13.2 Å². The fourth-order valence-corrected chi connectivity index (χ4v) is 0.601. The molecular formula is C8H20N2O2. The summed E-state index contributed by atoms with van der Waals surface area (Å²) in [7, 11) is 1.90. The molecule has 2 atom stereocenters. The first-order valence-corrected chi connectivity index (χ1v) is 4.25. The Hall–Kier alpha value is -0.160. The minimum absolute atomic E-state index is 0.0790. The van der Waals surface area contributed by atoms with E-state index in [1.165, 1.54) is 0 Å². The topological polar surface area (TPSA) is 56.5 Å². The van der Waals surface area contributed by atoms with Gasteiger partial charge >= 0.3 is 0 Å². The van der Waals surface area contributed by atoms with Gasteiger partial charge in [-0.25, -0.2) is 0 Å². The summed E-state index contributed by atoms with van der Waals surface area (Å²) in [6.45, 7) is 5.48. The van der Waals surface area contributed by atoms with Gasteiger partial charge in [-0.1, -0.05) is 0 Å². The van der Waals surface area contributed by atoms with E-state index in [1.807, 2.05) is 20.9 Å². The lowest BCUT2D eigenvalue weighted by molar-refractivity contribution is -0.0608. The van der Waals surface area contributed by atoms with Crippen molar-refractivity contribution in [2.24, 2.45) is 5.73 Å². The summed E-state index contributed by atoms with van der Waals surface area (Å²) in [5.41, 5.74) is 5.47. The highest BCUT2D eigenvalue weighted by Crippen LogP contribution is 1.85. The third kappa shape index (κ3) is 7.94. The minimum Gasteiger partial charge on any atom is -0.354 e. The molecule has 74 valence electrons. The Morgan fingerprint density at radius 2 is 1.83 bits per heavy atom. The van der Waals surface area contributed by atoms with Gasteiger partial charge in [-0.15, -0.1) is 0 Å². The average molecular weight is 176 g/mol. The van der Waals surface area contributed by atoms with Crippen molar-refractivity contribution in [3.05, 3.63) is 0 Å². The lowest BCUT2D eigenvalue weighted by Gasteiger charge is -2.11. The molecule has 0 saturated heterocycles. The molecule has 0 aromatic rings. The Balaban J connectivity index is 3.00. The zero-order chi connectivity index (χ0) is 9.40. The Morgan fingerprint density at radius 3 is 2.33 bits per heavy atom. The van der Waals surface area contributed by atoms with E-state index in [1.54, 1.807) is 0 Å². The zero-order valence-corrected chi connectivity index (χ0v) is 8.17. The number of nitrogens with one attached hydrogen (secondary N) is 1. The third-order valence-electron chi connectivity index (χ3n) is 1.41. The van der Waals surface area contributed by atoms with Crippen molar-refractivity contribution in [3.8, 4) is 0 Å². The van der Waals surface area contributed by atoms with Gasteiger partial charge in [0.2, 0.25) is 0 Å². The van der Waals surface area contributed by atoms with Gasteiger partial charge in [0.25, 0.3) is 0 Å². The Labute approximate surface area is 74.4 Å². The van der Waals surface area contributed by atoms with Crippen LogP contribution < -0.4 is 11.1 Å². The molecule has 0 rings (SSSR count). The molecule has 0 radical (unpaired) electrons. The summed E-state index contributed by atoms with van der Waals surface area (Å²) in [5, 5.41) is 3.06. The van der Waals surface area contributed by atoms with Crippen LogP contribution in [0.3, 0.4) is 0 Å². The van der Waals surface area contributed by atoms with Gasteiger partial charge in [0.1, 0.15) is 6.79 Å². The van der Waals surface area contributed by atoms with E-state index in [2.05, 4.69) is 5.32 Å². The normalized spacial score (nSPS) is 16.0. The van der Waals surface area contributed by atoms with Gasteiger partial charge in [0, 0.05) is 12.1 Å². The highest BCUT2D eigenvalue weighted by Gasteiger charge is 1.97. The second kappa shape index (κ2) is 7.49. The molecule has 0 saturated carbocycles. The van der Waals surface area contributed by atoms with Crippen LogP contribution in [0, 0.1) is 0 Å². The first-order valence-electron chi connectivity index (χ1n) is 4.25. The lowest BCUT2D eigenvalue weighted by atomic mass is 10.4. The quantitative estimate of drug-likeness (QED) is 0.421. The van der Waals surface area contributed by atoms with Crippen molar-refractivity contribution in [1.82, 2.24) is 5.32 Å². The van der Waals surface area contributed by atoms with E-state index < -0.39 is 0 Å². The molecule has 0 spiro atoms. The van der Waals surface area contributed by atoms with Gasteiger partial charge < -0.3 is 20.5 Å². The van der Waals surface area contributed by atoms with E-state index in [-0.39, 0.29) is 6.04 Å². The number of rotatable bonds is 7. The van der Waals surface area contributed by atoms with Crippen LogP contribution >= 0.6 is 0 Å². The fraction of sp³-hybridized carbons (Fsp3) is 1.00. The lowest BCUT2D eigenvalue weighted by Crippen LogP contribution is -2.28. The van der Waals surface area contributed by atoms with E-state index in [0.717, 1.165) is 0 Å². The smallest absolute Gasteiger partial charge is 0.146 e. The fourth-order valence-electron chi connectivity index (χ4n) is 0.601. The number of nitrogens with two attached hydrogens (primary N) is 1. The largest absolute Gasteiger partial charge is 0.354 e. The standard InChI is InChI=1S/C8H20N2O2/c1-7(9)4-11-6-12-5-8(2)10-3/h7-8,10H,4-6,9H2,1-3H3/t7?,8-/m1/s1. The van der Waals surface area contributed by atoms with Crippen molar-refractivity contribution in [2.75, 3.05) is 27.1 Å². The summed E-state index contributed by atoms with van der Waals surface area (Å²) in [6, 6.07) is 0.444. The van der Waals surface area contributed by atoms with Crippen molar-refractivity contribution in [1.29, 1.82) is 0 Å². The molecule has 4 heteroatoms. The maximum Gasteiger partial charge on any atom is 0.146 e. The Kier molecular flexibility index (Phi) is 7.39. The third-order valence-corrected chi connectivity index (χ3v) is 1.41. The number of likely N-dealkylation sites (N-methyl/N-ethyl adjacent to an activating group) is 1. The van der Waals surface area contributed by atoms with Crippen molar-refractivity contribution < 1.29 is 9.47 Å². The molecule has 0 aromatic heterocycles.